The molecular formula is C46H28. The summed E-state index contributed by atoms with van der Waals surface area (Å²) in [6.07, 6.45) is 0. The highest BCUT2D eigenvalue weighted by atomic mass is 14.3. The molecule has 0 unspecified atom stereocenters. The van der Waals surface area contributed by atoms with Gasteiger partial charge in [0.25, 0.3) is 0 Å². The normalized spacial score (nSPS) is 11.9. The number of hydrogen-bond acceptors (Lipinski definition) is 0. The van der Waals surface area contributed by atoms with E-state index in [1.165, 1.54) is 98.7 Å². The van der Waals surface area contributed by atoms with Crippen molar-refractivity contribution < 1.29 is 0 Å². The number of hydrogen-bond donors (Lipinski definition) is 0. The van der Waals surface area contributed by atoms with Crippen LogP contribution in [-0.4, -0.2) is 0 Å². The van der Waals surface area contributed by atoms with Crippen molar-refractivity contribution in [2.75, 3.05) is 0 Å². The molecule has 0 spiro atoms. The van der Waals surface area contributed by atoms with Crippen LogP contribution in [0.15, 0.2) is 170 Å². The molecule has 0 heterocycles. The van der Waals surface area contributed by atoms with E-state index in [1.807, 2.05) is 0 Å². The molecule has 0 aliphatic heterocycles. The van der Waals surface area contributed by atoms with E-state index < -0.39 is 0 Å². The molecule has 1 aliphatic carbocycles. The van der Waals surface area contributed by atoms with E-state index in [2.05, 4.69) is 170 Å². The molecule has 0 atom stereocenters. The van der Waals surface area contributed by atoms with E-state index in [0.29, 0.717) is 0 Å². The first-order chi connectivity index (χ1) is 22.8. The average Bonchev–Trinajstić information content (AvgIpc) is 3.45. The lowest BCUT2D eigenvalue weighted by atomic mass is 9.81. The molecule has 0 nitrogen and oxygen atoms in total. The van der Waals surface area contributed by atoms with E-state index >= 15 is 0 Å². The molecule has 0 bridgehead atoms. The van der Waals surface area contributed by atoms with Crippen molar-refractivity contribution >= 4 is 43.1 Å². The summed E-state index contributed by atoms with van der Waals surface area (Å²) in [4.78, 5) is 0. The Hall–Kier alpha value is -5.98. The SMILES string of the molecule is c1ccc(-c2cccc3cc4c(-c5ccccc5)c5c(c(-c6ccccc6)c4cc23)-c2cc3ccccc3c3cccc-5c23)cc1. The lowest BCUT2D eigenvalue weighted by Gasteiger charge is -2.21. The van der Waals surface area contributed by atoms with E-state index in [1.54, 1.807) is 0 Å². The monoisotopic (exact) mass is 580 g/mol. The Morgan fingerprint density at radius 2 is 0.739 bits per heavy atom. The molecule has 0 heteroatoms. The summed E-state index contributed by atoms with van der Waals surface area (Å²) in [5.74, 6) is 0. The predicted octanol–water partition coefficient (Wildman–Crippen LogP) is 12.9. The number of rotatable bonds is 3. The number of benzene rings is 9. The van der Waals surface area contributed by atoms with Crippen LogP contribution >= 0.6 is 0 Å². The lowest BCUT2D eigenvalue weighted by molar-refractivity contribution is 1.62. The lowest BCUT2D eigenvalue weighted by Crippen LogP contribution is -1.94. The van der Waals surface area contributed by atoms with E-state index in [0.717, 1.165) is 0 Å². The fourth-order valence-corrected chi connectivity index (χ4v) is 8.04. The Bertz CT molecular complexity index is 2650. The van der Waals surface area contributed by atoms with Crippen LogP contribution in [0, 0.1) is 0 Å². The van der Waals surface area contributed by atoms with Crippen LogP contribution in [0.4, 0.5) is 0 Å². The standard InChI is InChI=1S/C46H28/c1-4-14-29(15-5-1)34-23-12-21-33-26-39-40(28-38(33)34)43(31-18-8-3-9-19-31)46-41-27-32-20-10-11-22-35(32)36-24-13-25-37(44(36)41)45(46)42(39)30-16-6-2-7-17-30/h1-28H. The van der Waals surface area contributed by atoms with Crippen molar-refractivity contribution in [3.05, 3.63) is 170 Å². The highest BCUT2D eigenvalue weighted by molar-refractivity contribution is 6.31. The van der Waals surface area contributed by atoms with Crippen molar-refractivity contribution in [3.8, 4) is 55.6 Å². The zero-order valence-electron chi connectivity index (χ0n) is 25.2. The van der Waals surface area contributed by atoms with Crippen molar-refractivity contribution in [1.29, 1.82) is 0 Å². The van der Waals surface area contributed by atoms with Gasteiger partial charge in [-0.15, -0.1) is 0 Å². The summed E-state index contributed by atoms with van der Waals surface area (Å²) >= 11 is 0. The second-order valence-electron chi connectivity index (χ2n) is 12.4. The third kappa shape index (κ3) is 3.56. The summed E-state index contributed by atoms with van der Waals surface area (Å²) in [6.45, 7) is 0. The van der Waals surface area contributed by atoms with Gasteiger partial charge in [0.05, 0.1) is 0 Å². The van der Waals surface area contributed by atoms with Gasteiger partial charge in [0.1, 0.15) is 0 Å². The Morgan fingerprint density at radius 1 is 0.239 bits per heavy atom. The molecular weight excluding hydrogens is 553 g/mol. The fraction of sp³-hybridized carbons (Fsp3) is 0. The maximum Gasteiger partial charge on any atom is -0.000719 e. The van der Waals surface area contributed by atoms with Gasteiger partial charge in [0, 0.05) is 0 Å². The largest absolute Gasteiger partial charge is 0.0622 e. The van der Waals surface area contributed by atoms with E-state index in [4.69, 9.17) is 0 Å². The Balaban J connectivity index is 1.47. The molecule has 0 radical (unpaired) electrons. The molecule has 9 aromatic rings. The van der Waals surface area contributed by atoms with E-state index in [-0.39, 0.29) is 0 Å². The molecule has 0 N–H and O–H groups in total. The van der Waals surface area contributed by atoms with Gasteiger partial charge >= 0.3 is 0 Å². The third-order valence-corrected chi connectivity index (χ3v) is 9.94. The van der Waals surface area contributed by atoms with Crippen LogP contribution in [0.5, 0.6) is 0 Å². The van der Waals surface area contributed by atoms with Gasteiger partial charge in [-0.2, -0.15) is 0 Å². The Morgan fingerprint density at radius 3 is 1.46 bits per heavy atom. The van der Waals surface area contributed by atoms with Gasteiger partial charge in [-0.05, 0) is 117 Å². The van der Waals surface area contributed by atoms with E-state index in [9.17, 15) is 0 Å². The first kappa shape index (κ1) is 25.4. The summed E-state index contributed by atoms with van der Waals surface area (Å²) < 4.78 is 0. The minimum Gasteiger partial charge on any atom is -0.0622 e. The maximum atomic E-state index is 2.48. The molecule has 10 rings (SSSR count). The van der Waals surface area contributed by atoms with Crippen molar-refractivity contribution in [2.45, 2.75) is 0 Å². The molecule has 0 saturated carbocycles. The first-order valence-electron chi connectivity index (χ1n) is 16.0. The van der Waals surface area contributed by atoms with Gasteiger partial charge in [-0.25, -0.2) is 0 Å². The summed E-state index contributed by atoms with van der Waals surface area (Å²) in [5, 5.41) is 10.4. The second-order valence-corrected chi connectivity index (χ2v) is 12.4. The molecule has 46 heavy (non-hydrogen) atoms. The molecule has 0 saturated heterocycles. The minimum absolute atomic E-state index is 1.24. The highest BCUT2D eigenvalue weighted by Gasteiger charge is 2.31. The van der Waals surface area contributed by atoms with Gasteiger partial charge in [-0.1, -0.05) is 152 Å². The zero-order valence-corrected chi connectivity index (χ0v) is 25.2. The van der Waals surface area contributed by atoms with Gasteiger partial charge < -0.3 is 0 Å². The minimum atomic E-state index is 1.24. The fourth-order valence-electron chi connectivity index (χ4n) is 8.04. The van der Waals surface area contributed by atoms with Gasteiger partial charge in [-0.3, -0.25) is 0 Å². The molecule has 0 amide bonds. The van der Waals surface area contributed by atoms with Crippen LogP contribution in [0.25, 0.3) is 98.7 Å². The molecule has 212 valence electrons. The van der Waals surface area contributed by atoms with Crippen LogP contribution in [0.2, 0.25) is 0 Å². The van der Waals surface area contributed by atoms with Crippen LogP contribution in [0.3, 0.4) is 0 Å². The highest BCUT2D eigenvalue weighted by Crippen LogP contribution is 2.59. The molecule has 1 aliphatic rings. The maximum absolute atomic E-state index is 2.48. The second kappa shape index (κ2) is 9.76. The quantitative estimate of drug-likeness (QED) is 0.144. The number of fused-ring (bicyclic) bond motifs is 7. The van der Waals surface area contributed by atoms with Crippen LogP contribution in [-0.2, 0) is 0 Å². The smallest absolute Gasteiger partial charge is 0.000719 e. The van der Waals surface area contributed by atoms with Gasteiger partial charge in [0.15, 0.2) is 0 Å². The van der Waals surface area contributed by atoms with Crippen LogP contribution in [0.1, 0.15) is 0 Å². The molecule has 9 aromatic carbocycles. The average molecular weight is 581 g/mol. The first-order valence-corrected chi connectivity index (χ1v) is 16.0. The van der Waals surface area contributed by atoms with Crippen LogP contribution < -0.4 is 0 Å². The Labute approximate surface area is 267 Å². The van der Waals surface area contributed by atoms with Crippen molar-refractivity contribution in [3.63, 3.8) is 0 Å². The predicted molar refractivity (Wildman–Crippen MR) is 197 cm³/mol. The topological polar surface area (TPSA) is 0 Å². The third-order valence-electron chi connectivity index (χ3n) is 9.94. The molecule has 0 fully saturated rings. The van der Waals surface area contributed by atoms with Crippen molar-refractivity contribution in [1.82, 2.24) is 0 Å². The molecule has 0 aromatic heterocycles. The summed E-state index contributed by atoms with van der Waals surface area (Å²) in [5.41, 5.74) is 12.9. The zero-order chi connectivity index (χ0) is 30.2. The Kier molecular flexibility index (Phi) is 5.38. The van der Waals surface area contributed by atoms with Gasteiger partial charge in [0.2, 0.25) is 0 Å². The van der Waals surface area contributed by atoms with Crippen molar-refractivity contribution in [2.24, 2.45) is 0 Å². The summed E-state index contributed by atoms with van der Waals surface area (Å²) in [6, 6.07) is 62.7. The summed E-state index contributed by atoms with van der Waals surface area (Å²) in [7, 11) is 0.